The molecule has 2 aliphatic heterocycles. The maximum Gasteiger partial charge on any atom is 0.460 e. The van der Waals surface area contributed by atoms with Gasteiger partial charge in [0, 0.05) is 34.9 Å². The van der Waals surface area contributed by atoms with Gasteiger partial charge in [0.2, 0.25) is 0 Å². The van der Waals surface area contributed by atoms with Crippen molar-refractivity contribution in [2.45, 2.75) is 106 Å². The van der Waals surface area contributed by atoms with Crippen LogP contribution in [0, 0.1) is 11.8 Å². The summed E-state index contributed by atoms with van der Waals surface area (Å²) < 4.78 is 263. The second-order valence-electron chi connectivity index (χ2n) is 14.0. The molecular weight excluding hydrogens is 957 g/mol. The Balaban J connectivity index is 0.000000718. The van der Waals surface area contributed by atoms with Gasteiger partial charge in [-0.3, -0.25) is 9.59 Å². The van der Waals surface area contributed by atoms with Crippen LogP contribution in [0.1, 0.15) is 53.9 Å². The van der Waals surface area contributed by atoms with E-state index in [9.17, 15) is 112 Å². The minimum atomic E-state index is -9.01. The number of alkyl halides is 17. The standard InChI is InChI=1S/C17H8F17NO5S.C7H12O2.C5H8O2.C4H2O3/c18-10(19,12(22,23)14(26,27)16(30,31)32)11(20,21)13(24,25)15(28,29)17(33,34)41(38,39)40-35-8(36)6-4-1-2-5(3-4)7(6)9(35)37;1-5-6(8)9-7(2,3)4;1-3-4(2)5(6)7;5-3-1-2-4(6)7-3/h4-5H,1-3H2;5H,1H2,2-4H3;3H,1-2H3,(H,6,7);1-2H. The molecule has 2 atom stereocenters. The lowest BCUT2D eigenvalue weighted by molar-refractivity contribution is -0.458. The third kappa shape index (κ3) is 10.4. The first-order chi connectivity index (χ1) is 28.3. The van der Waals surface area contributed by atoms with Gasteiger partial charge in [-0.15, -0.1) is 9.35 Å². The number of nitrogens with zero attached hydrogens (tertiary/aromatic N) is 1. The van der Waals surface area contributed by atoms with Gasteiger partial charge in [0.1, 0.15) is 5.60 Å². The Kier molecular flexibility index (Phi) is 16.4. The lowest BCUT2D eigenvalue weighted by Gasteiger charge is -2.42. The van der Waals surface area contributed by atoms with E-state index in [0.717, 1.165) is 18.2 Å². The minimum absolute atomic E-state index is 0.102. The number of allylic oxidation sites excluding steroid dienone is 1. The first-order valence-corrected chi connectivity index (χ1v) is 18.2. The molecule has 1 saturated carbocycles. The fraction of sp³-hybridized carbons (Fsp3) is 0.576. The zero-order valence-electron chi connectivity index (χ0n) is 32.5. The van der Waals surface area contributed by atoms with E-state index in [-0.39, 0.29) is 25.2 Å². The number of amides is 2. The summed E-state index contributed by atoms with van der Waals surface area (Å²) in [5.74, 6) is -60.5. The molecule has 0 saturated heterocycles. The van der Waals surface area contributed by atoms with Crippen LogP contribution in [-0.4, -0.2) is 107 Å². The Morgan fingerprint density at radius 2 is 1.08 bits per heavy atom. The number of hydrogen-bond donors (Lipinski definition) is 1. The molecule has 0 spiro atoms. The summed E-state index contributed by atoms with van der Waals surface area (Å²) in [6.45, 7) is 12.0. The van der Waals surface area contributed by atoms with E-state index >= 15 is 0 Å². The van der Waals surface area contributed by atoms with Crippen molar-refractivity contribution in [3.8, 4) is 0 Å². The summed E-state index contributed by atoms with van der Waals surface area (Å²) >= 11 is 0. The molecule has 0 radical (unpaired) electrons. The fourth-order valence-corrected chi connectivity index (χ4v) is 5.99. The average Bonchev–Trinajstić information content (AvgIpc) is 3.92. The van der Waals surface area contributed by atoms with Gasteiger partial charge in [-0.1, -0.05) is 12.7 Å². The number of rotatable bonds is 11. The maximum absolute atomic E-state index is 14.2. The number of cyclic esters (lactones) is 2. The van der Waals surface area contributed by atoms with Crippen molar-refractivity contribution in [2.24, 2.45) is 11.8 Å². The van der Waals surface area contributed by atoms with Gasteiger partial charge in [0.15, 0.2) is 0 Å². The van der Waals surface area contributed by atoms with Gasteiger partial charge in [-0.25, -0.2) is 19.2 Å². The van der Waals surface area contributed by atoms with Crippen LogP contribution in [-0.2, 0) is 52.6 Å². The van der Waals surface area contributed by atoms with Crippen LogP contribution in [0.25, 0.3) is 0 Å². The third-order valence-electron chi connectivity index (χ3n) is 8.45. The van der Waals surface area contributed by atoms with Crippen LogP contribution in [0.5, 0.6) is 0 Å². The molecule has 4 rings (SSSR count). The fourth-order valence-electron chi connectivity index (χ4n) is 5.13. The third-order valence-corrected chi connectivity index (χ3v) is 9.68. The number of carbonyl (C=O) groups excluding carboxylic acids is 5. The van der Waals surface area contributed by atoms with Crippen molar-refractivity contribution in [1.82, 2.24) is 5.06 Å². The molecule has 0 aromatic heterocycles. The molecule has 13 nitrogen and oxygen atoms in total. The normalized spacial score (nSPS) is 19.8. The first kappa shape index (κ1) is 56.9. The number of fused-ring (bicyclic) bond motifs is 4. The number of aliphatic carboxylic acids is 1. The SMILES string of the molecule is C=CC(=O)OC(C)(C)C.CC=C(C)C(=O)O.O=C1C2=C(C(=O)N1OS(=O)(=O)C(F)(F)C(F)(F)C(F)(F)C(F)(F)C(F)(F)C(F)(F)C(F)(F)C(F)(F)F)C1CCC2C1.O=C1C=CC(=O)O1. The van der Waals surface area contributed by atoms with Gasteiger partial charge in [0.25, 0.3) is 11.8 Å². The van der Waals surface area contributed by atoms with Crippen molar-refractivity contribution in [2.75, 3.05) is 0 Å². The maximum atomic E-state index is 14.2. The summed E-state index contributed by atoms with van der Waals surface area (Å²) in [6, 6.07) is 0. The molecule has 1 N–H and O–H groups in total. The Morgan fingerprint density at radius 1 is 0.719 bits per heavy atom. The summed E-state index contributed by atoms with van der Waals surface area (Å²) in [7, 11) is -8.09. The quantitative estimate of drug-likeness (QED) is 0.0708. The highest BCUT2D eigenvalue weighted by molar-refractivity contribution is 7.87. The predicted molar refractivity (Wildman–Crippen MR) is 174 cm³/mol. The van der Waals surface area contributed by atoms with E-state index in [2.05, 4.69) is 15.6 Å². The molecule has 4 aliphatic rings. The van der Waals surface area contributed by atoms with Gasteiger partial charge in [0.05, 0.1) is 0 Å². The van der Waals surface area contributed by atoms with E-state index in [4.69, 9.17) is 9.84 Å². The Bertz CT molecular complexity index is 2050. The number of hydroxylamine groups is 2. The molecule has 0 aromatic carbocycles. The minimum Gasteiger partial charge on any atom is -0.478 e. The monoisotopic (exact) mass is 987 g/mol. The zero-order chi connectivity index (χ0) is 51.0. The average molecular weight is 988 g/mol. The predicted octanol–water partition coefficient (Wildman–Crippen LogP) is 7.49. The number of esters is 3. The Hall–Kier alpha value is -5.10. The highest BCUT2D eigenvalue weighted by Crippen LogP contribution is 2.64. The van der Waals surface area contributed by atoms with Crippen LogP contribution in [0.2, 0.25) is 0 Å². The summed E-state index contributed by atoms with van der Waals surface area (Å²) in [5, 5.41) is -1.09. The second kappa shape index (κ2) is 18.4. The lowest BCUT2D eigenvalue weighted by atomic mass is 9.91. The summed E-state index contributed by atoms with van der Waals surface area (Å²) in [4.78, 5) is 64.6. The van der Waals surface area contributed by atoms with Crippen LogP contribution in [0.3, 0.4) is 0 Å². The van der Waals surface area contributed by atoms with E-state index < -0.39 is 120 Å². The molecule has 364 valence electrons. The summed E-state index contributed by atoms with van der Waals surface area (Å²) in [6.07, 6.45) is -2.64. The number of halogens is 17. The molecule has 2 aliphatic carbocycles. The number of ether oxygens (including phenoxy) is 2. The van der Waals surface area contributed by atoms with E-state index in [0.29, 0.717) is 5.57 Å². The van der Waals surface area contributed by atoms with Gasteiger partial charge >= 0.3 is 81.0 Å². The molecule has 2 heterocycles. The molecule has 64 heavy (non-hydrogen) atoms. The molecule has 1 fully saturated rings. The molecule has 0 aromatic rings. The Morgan fingerprint density at radius 3 is 1.33 bits per heavy atom. The van der Waals surface area contributed by atoms with Gasteiger partial charge in [-0.05, 0) is 65.7 Å². The number of hydrogen-bond acceptors (Lipinski definition) is 11. The van der Waals surface area contributed by atoms with Crippen molar-refractivity contribution in [1.29, 1.82) is 0 Å². The second-order valence-corrected chi connectivity index (χ2v) is 15.6. The van der Waals surface area contributed by atoms with Crippen molar-refractivity contribution in [3.05, 3.63) is 47.6 Å². The van der Waals surface area contributed by atoms with Crippen LogP contribution < -0.4 is 0 Å². The molecule has 31 heteroatoms. The molecule has 2 amide bonds. The first-order valence-electron chi connectivity index (χ1n) is 16.7. The number of carboxylic acids is 1. The number of carboxylic acid groups (broad SMARTS) is 1. The molecular formula is C33H30F17NO12S. The molecule has 2 bridgehead atoms. The van der Waals surface area contributed by atoms with E-state index in [1.54, 1.807) is 19.9 Å². The van der Waals surface area contributed by atoms with Gasteiger partial charge in [-0.2, -0.15) is 83.1 Å². The van der Waals surface area contributed by atoms with Crippen LogP contribution >= 0.6 is 0 Å². The number of carbonyl (C=O) groups is 6. The van der Waals surface area contributed by atoms with E-state index in [1.807, 2.05) is 20.8 Å². The zero-order valence-corrected chi connectivity index (χ0v) is 33.3. The van der Waals surface area contributed by atoms with Crippen LogP contribution in [0.15, 0.2) is 47.6 Å². The highest BCUT2D eigenvalue weighted by Gasteiger charge is 2.96. The van der Waals surface area contributed by atoms with Gasteiger partial charge < -0.3 is 14.6 Å². The van der Waals surface area contributed by atoms with Crippen LogP contribution in [0.4, 0.5) is 74.6 Å². The van der Waals surface area contributed by atoms with E-state index in [1.165, 1.54) is 0 Å². The van der Waals surface area contributed by atoms with Crippen molar-refractivity contribution in [3.63, 3.8) is 0 Å². The topological polar surface area (TPSA) is 188 Å². The lowest BCUT2D eigenvalue weighted by Crippen LogP contribution is -2.75. The highest BCUT2D eigenvalue weighted by atomic mass is 32.2. The smallest absolute Gasteiger partial charge is 0.460 e. The largest absolute Gasteiger partial charge is 0.478 e. The summed E-state index contributed by atoms with van der Waals surface area (Å²) in [5.41, 5.74) is -1.15. The van der Waals surface area contributed by atoms with Crippen molar-refractivity contribution >= 4 is 45.8 Å². The molecule has 2 unspecified atom stereocenters. The Labute approximate surface area is 347 Å². The van der Waals surface area contributed by atoms with Crippen molar-refractivity contribution < 1.29 is 131 Å². The number of imide groups is 1.